The van der Waals surface area contributed by atoms with Crippen LogP contribution in [-0.4, -0.2) is 35.2 Å². The molecule has 2 N–H and O–H groups in total. The molecule has 3 heterocycles. The monoisotopic (exact) mass is 206 g/mol. The van der Waals surface area contributed by atoms with Crippen LogP contribution in [0.15, 0.2) is 0 Å². The molecule has 82 valence electrons. The van der Waals surface area contributed by atoms with Crippen molar-refractivity contribution in [1.29, 1.82) is 0 Å². The summed E-state index contributed by atoms with van der Waals surface area (Å²) in [6, 6.07) is 0. The first kappa shape index (κ1) is 9.36. The van der Waals surface area contributed by atoms with Crippen molar-refractivity contribution >= 4 is 0 Å². The van der Waals surface area contributed by atoms with Crippen LogP contribution in [0.5, 0.6) is 0 Å². The van der Waals surface area contributed by atoms with Gasteiger partial charge < -0.3 is 10.2 Å². The van der Waals surface area contributed by atoms with Crippen molar-refractivity contribution in [1.82, 2.24) is 20.4 Å². The van der Waals surface area contributed by atoms with E-state index in [2.05, 4.69) is 27.5 Å². The van der Waals surface area contributed by atoms with Gasteiger partial charge in [0.05, 0.1) is 11.4 Å². The van der Waals surface area contributed by atoms with E-state index >= 15 is 0 Å². The van der Waals surface area contributed by atoms with E-state index < -0.39 is 0 Å². The van der Waals surface area contributed by atoms with Gasteiger partial charge in [-0.3, -0.25) is 5.10 Å². The summed E-state index contributed by atoms with van der Waals surface area (Å²) in [5.41, 5.74) is 4.06. The summed E-state index contributed by atoms with van der Waals surface area (Å²) in [5.74, 6) is 0.642. The molecule has 0 spiro atoms. The van der Waals surface area contributed by atoms with Crippen LogP contribution in [0.3, 0.4) is 0 Å². The van der Waals surface area contributed by atoms with Crippen LogP contribution in [0.1, 0.15) is 35.7 Å². The summed E-state index contributed by atoms with van der Waals surface area (Å²) in [5, 5.41) is 11.0. The molecule has 15 heavy (non-hydrogen) atoms. The number of hydrogen-bond donors (Lipinski definition) is 2. The molecule has 0 bridgehead atoms. The number of aromatic nitrogens is 2. The first-order chi connectivity index (χ1) is 7.34. The van der Waals surface area contributed by atoms with Crippen LogP contribution >= 0.6 is 0 Å². The lowest BCUT2D eigenvalue weighted by atomic mass is 9.92. The number of aromatic amines is 1. The van der Waals surface area contributed by atoms with Crippen molar-refractivity contribution in [2.75, 3.05) is 20.1 Å². The van der Waals surface area contributed by atoms with Gasteiger partial charge in [-0.05, 0) is 26.4 Å². The van der Waals surface area contributed by atoms with E-state index in [1.807, 2.05) is 0 Å². The molecule has 1 aromatic rings. The zero-order valence-electron chi connectivity index (χ0n) is 9.21. The van der Waals surface area contributed by atoms with Crippen molar-refractivity contribution < 1.29 is 0 Å². The van der Waals surface area contributed by atoms with E-state index in [1.165, 1.54) is 36.3 Å². The molecule has 1 saturated heterocycles. The van der Waals surface area contributed by atoms with Crippen LogP contribution in [0.4, 0.5) is 0 Å². The maximum Gasteiger partial charge on any atom is 0.0714 e. The molecule has 3 rings (SSSR count). The zero-order chi connectivity index (χ0) is 10.3. The third-order valence-corrected chi connectivity index (χ3v) is 3.60. The molecule has 4 heteroatoms. The quantitative estimate of drug-likeness (QED) is 0.715. The normalized spacial score (nSPS) is 26.9. The molecule has 0 aliphatic carbocycles. The second kappa shape index (κ2) is 3.61. The fourth-order valence-electron chi connectivity index (χ4n) is 2.80. The van der Waals surface area contributed by atoms with Crippen molar-refractivity contribution in [3.05, 3.63) is 17.0 Å². The Labute approximate surface area is 90.0 Å². The molecule has 0 amide bonds. The summed E-state index contributed by atoms with van der Waals surface area (Å²) in [6.45, 7) is 4.37. The highest BCUT2D eigenvalue weighted by Crippen LogP contribution is 2.30. The molecule has 1 fully saturated rings. The van der Waals surface area contributed by atoms with Crippen LogP contribution in [-0.2, 0) is 13.1 Å². The predicted molar refractivity (Wildman–Crippen MR) is 58.6 cm³/mol. The van der Waals surface area contributed by atoms with Crippen LogP contribution in [0, 0.1) is 0 Å². The van der Waals surface area contributed by atoms with Gasteiger partial charge in [0.1, 0.15) is 0 Å². The zero-order valence-corrected chi connectivity index (χ0v) is 9.21. The largest absolute Gasteiger partial charge is 0.307 e. The third kappa shape index (κ3) is 1.58. The standard InChI is InChI=1S/C11H18N4/c1-15-4-2-3-8(7-15)11-9-5-12-6-10(9)13-14-11/h8,12H,2-7H2,1H3,(H,13,14). The highest BCUT2D eigenvalue weighted by molar-refractivity contribution is 5.31. The Morgan fingerprint density at radius 1 is 1.40 bits per heavy atom. The van der Waals surface area contributed by atoms with E-state index in [-0.39, 0.29) is 0 Å². The third-order valence-electron chi connectivity index (χ3n) is 3.60. The number of likely N-dealkylation sites (N-methyl/N-ethyl adjacent to an activating group) is 1. The highest BCUT2D eigenvalue weighted by atomic mass is 15.2. The van der Waals surface area contributed by atoms with Crippen LogP contribution < -0.4 is 5.32 Å². The number of nitrogens with zero attached hydrogens (tertiary/aromatic N) is 2. The van der Waals surface area contributed by atoms with Crippen molar-refractivity contribution in [2.24, 2.45) is 0 Å². The Morgan fingerprint density at radius 2 is 2.33 bits per heavy atom. The van der Waals surface area contributed by atoms with Gasteiger partial charge in [0.25, 0.3) is 0 Å². The first-order valence-corrected chi connectivity index (χ1v) is 5.80. The minimum Gasteiger partial charge on any atom is -0.307 e. The molecule has 2 aliphatic rings. The van der Waals surface area contributed by atoms with Crippen molar-refractivity contribution in [2.45, 2.75) is 31.8 Å². The van der Waals surface area contributed by atoms with E-state index in [4.69, 9.17) is 0 Å². The fraction of sp³-hybridized carbons (Fsp3) is 0.727. The van der Waals surface area contributed by atoms with Gasteiger partial charge in [0.2, 0.25) is 0 Å². The summed E-state index contributed by atoms with van der Waals surface area (Å²) in [4.78, 5) is 2.41. The Hall–Kier alpha value is -0.870. The maximum atomic E-state index is 4.50. The van der Waals surface area contributed by atoms with Gasteiger partial charge in [-0.1, -0.05) is 0 Å². The summed E-state index contributed by atoms with van der Waals surface area (Å²) < 4.78 is 0. The van der Waals surface area contributed by atoms with E-state index in [0.717, 1.165) is 19.6 Å². The van der Waals surface area contributed by atoms with E-state index in [9.17, 15) is 0 Å². The molecule has 0 radical (unpaired) electrons. The number of hydrogen-bond acceptors (Lipinski definition) is 3. The second-order valence-electron chi connectivity index (χ2n) is 4.77. The number of rotatable bonds is 1. The Kier molecular flexibility index (Phi) is 2.25. The van der Waals surface area contributed by atoms with E-state index in [0.29, 0.717) is 5.92 Å². The lowest BCUT2D eigenvalue weighted by Gasteiger charge is -2.29. The molecular weight excluding hydrogens is 188 g/mol. The number of H-pyrrole nitrogens is 1. The molecule has 1 unspecified atom stereocenters. The molecule has 0 aromatic carbocycles. The van der Waals surface area contributed by atoms with Gasteiger partial charge in [0.15, 0.2) is 0 Å². The second-order valence-corrected chi connectivity index (χ2v) is 4.77. The Bertz CT molecular complexity index is 357. The highest BCUT2D eigenvalue weighted by Gasteiger charge is 2.26. The Balaban J connectivity index is 1.85. The smallest absolute Gasteiger partial charge is 0.0714 e. The lowest BCUT2D eigenvalue weighted by Crippen LogP contribution is -2.31. The number of piperidine rings is 1. The number of likely N-dealkylation sites (tertiary alicyclic amines) is 1. The Morgan fingerprint density at radius 3 is 3.20 bits per heavy atom. The molecule has 0 saturated carbocycles. The summed E-state index contributed by atoms with van der Waals surface area (Å²) in [6.07, 6.45) is 2.60. The number of fused-ring (bicyclic) bond motifs is 1. The van der Waals surface area contributed by atoms with Gasteiger partial charge in [0, 0.05) is 31.1 Å². The molecular formula is C11H18N4. The minimum atomic E-state index is 0.642. The summed E-state index contributed by atoms with van der Waals surface area (Å²) in [7, 11) is 2.21. The summed E-state index contributed by atoms with van der Waals surface area (Å²) >= 11 is 0. The maximum absolute atomic E-state index is 4.50. The van der Waals surface area contributed by atoms with Gasteiger partial charge in [-0.2, -0.15) is 5.10 Å². The molecule has 4 nitrogen and oxygen atoms in total. The SMILES string of the molecule is CN1CCCC(c2n[nH]c3c2CNC3)C1. The molecule has 1 aromatic heterocycles. The molecule has 2 aliphatic heterocycles. The van der Waals surface area contributed by atoms with Gasteiger partial charge in [-0.15, -0.1) is 0 Å². The van der Waals surface area contributed by atoms with Crippen molar-refractivity contribution in [3.8, 4) is 0 Å². The average Bonchev–Trinajstić information content (AvgIpc) is 2.77. The minimum absolute atomic E-state index is 0.642. The lowest BCUT2D eigenvalue weighted by molar-refractivity contribution is 0.248. The predicted octanol–water partition coefficient (Wildman–Crippen LogP) is 0.822. The molecule has 1 atom stereocenters. The van der Waals surface area contributed by atoms with Gasteiger partial charge in [-0.25, -0.2) is 0 Å². The average molecular weight is 206 g/mol. The van der Waals surface area contributed by atoms with Crippen LogP contribution in [0.25, 0.3) is 0 Å². The topological polar surface area (TPSA) is 44.0 Å². The van der Waals surface area contributed by atoms with E-state index in [1.54, 1.807) is 0 Å². The van der Waals surface area contributed by atoms with Gasteiger partial charge >= 0.3 is 0 Å². The number of nitrogens with one attached hydrogen (secondary N) is 2. The van der Waals surface area contributed by atoms with Crippen LogP contribution in [0.2, 0.25) is 0 Å². The van der Waals surface area contributed by atoms with Crippen molar-refractivity contribution in [3.63, 3.8) is 0 Å². The fourth-order valence-corrected chi connectivity index (χ4v) is 2.80. The first-order valence-electron chi connectivity index (χ1n) is 5.80.